The zero-order valence-corrected chi connectivity index (χ0v) is 15.6. The largest absolute Gasteiger partial charge is 0.465 e. The molecule has 0 aliphatic carbocycles. The first kappa shape index (κ1) is 20.8. The van der Waals surface area contributed by atoms with Gasteiger partial charge in [0.15, 0.2) is 0 Å². The predicted octanol–water partition coefficient (Wildman–Crippen LogP) is 4.52. The smallest absolute Gasteiger partial charge is 0.416 e. The van der Waals surface area contributed by atoms with Crippen LogP contribution in [0.1, 0.15) is 32.0 Å². The highest BCUT2D eigenvalue weighted by Crippen LogP contribution is 2.29. The number of hydrogen-bond donors (Lipinski definition) is 1. The molecule has 0 bridgehead atoms. The normalized spacial score (nSPS) is 11.5. The van der Waals surface area contributed by atoms with Crippen molar-refractivity contribution in [3.63, 3.8) is 0 Å². The molecule has 6 nitrogen and oxygen atoms in total. The molecule has 0 radical (unpaired) electrons. The van der Waals surface area contributed by atoms with E-state index in [4.69, 9.17) is 9.15 Å². The Balaban J connectivity index is 1.72. The summed E-state index contributed by atoms with van der Waals surface area (Å²) >= 11 is 0. The van der Waals surface area contributed by atoms with Crippen molar-refractivity contribution in [3.8, 4) is 11.3 Å². The number of hydrazone groups is 1. The third-order valence-electron chi connectivity index (χ3n) is 4.03. The van der Waals surface area contributed by atoms with Crippen molar-refractivity contribution in [1.82, 2.24) is 5.43 Å². The Bertz CT molecular complexity index is 1100. The summed E-state index contributed by atoms with van der Waals surface area (Å²) in [5.74, 6) is -0.693. The quantitative estimate of drug-likeness (QED) is 0.377. The molecule has 0 aliphatic rings. The molecular weight excluding hydrogens is 401 g/mol. The number of ether oxygens (including phenoxy) is 1. The van der Waals surface area contributed by atoms with Crippen LogP contribution in [0.4, 0.5) is 13.2 Å². The third kappa shape index (κ3) is 4.75. The molecule has 3 rings (SSSR count). The molecule has 0 aliphatic heterocycles. The lowest BCUT2D eigenvalue weighted by Crippen LogP contribution is -2.18. The molecule has 0 spiro atoms. The predicted molar refractivity (Wildman–Crippen MR) is 102 cm³/mol. The van der Waals surface area contributed by atoms with Crippen LogP contribution >= 0.6 is 0 Å². The first-order valence-corrected chi connectivity index (χ1v) is 8.58. The van der Waals surface area contributed by atoms with Crippen molar-refractivity contribution in [3.05, 3.63) is 83.1 Å². The Kier molecular flexibility index (Phi) is 6.01. The van der Waals surface area contributed by atoms with E-state index in [1.54, 1.807) is 36.4 Å². The fourth-order valence-electron chi connectivity index (χ4n) is 2.61. The van der Waals surface area contributed by atoms with Crippen molar-refractivity contribution in [2.75, 3.05) is 7.11 Å². The monoisotopic (exact) mass is 416 g/mol. The van der Waals surface area contributed by atoms with E-state index in [0.29, 0.717) is 16.9 Å². The lowest BCUT2D eigenvalue weighted by Gasteiger charge is -2.07. The summed E-state index contributed by atoms with van der Waals surface area (Å²) in [5.41, 5.74) is 1.85. The molecule has 1 heterocycles. The second-order valence-electron chi connectivity index (χ2n) is 6.02. The number of hydrogen-bond acceptors (Lipinski definition) is 5. The fourth-order valence-corrected chi connectivity index (χ4v) is 2.61. The van der Waals surface area contributed by atoms with Crippen molar-refractivity contribution in [2.45, 2.75) is 6.18 Å². The van der Waals surface area contributed by atoms with E-state index in [-0.39, 0.29) is 11.3 Å². The molecule has 1 aromatic heterocycles. The highest BCUT2D eigenvalue weighted by molar-refractivity contribution is 5.97. The molecule has 3 aromatic rings. The standard InChI is InChI=1S/C21H15F3N2O4/c1-29-20(28)17-8-3-2-7-16(17)18-10-9-15(30-18)12-25-26-19(27)13-5-4-6-14(11-13)21(22,23)24/h2-12H,1H3,(H,26,27). The second kappa shape index (κ2) is 8.64. The van der Waals surface area contributed by atoms with E-state index < -0.39 is 23.6 Å². The average Bonchev–Trinajstić information content (AvgIpc) is 3.21. The molecule has 0 saturated carbocycles. The summed E-state index contributed by atoms with van der Waals surface area (Å²) in [6, 6.07) is 13.8. The van der Waals surface area contributed by atoms with Crippen LogP contribution < -0.4 is 5.43 Å². The topological polar surface area (TPSA) is 80.9 Å². The van der Waals surface area contributed by atoms with Gasteiger partial charge in [0.2, 0.25) is 0 Å². The summed E-state index contributed by atoms with van der Waals surface area (Å²) in [4.78, 5) is 23.9. The van der Waals surface area contributed by atoms with E-state index >= 15 is 0 Å². The number of nitrogens with one attached hydrogen (secondary N) is 1. The van der Waals surface area contributed by atoms with Gasteiger partial charge in [-0.15, -0.1) is 0 Å². The van der Waals surface area contributed by atoms with Crippen molar-refractivity contribution < 1.29 is 31.9 Å². The van der Waals surface area contributed by atoms with Crippen molar-refractivity contribution >= 4 is 18.1 Å². The molecular formula is C21H15F3N2O4. The zero-order valence-electron chi connectivity index (χ0n) is 15.6. The number of alkyl halides is 3. The molecule has 0 atom stereocenters. The van der Waals surface area contributed by atoms with Crippen LogP contribution in [0.15, 0.2) is 70.2 Å². The lowest BCUT2D eigenvalue weighted by molar-refractivity contribution is -0.137. The van der Waals surface area contributed by atoms with Gasteiger partial charge in [-0.3, -0.25) is 4.79 Å². The summed E-state index contributed by atoms with van der Waals surface area (Å²) in [6.07, 6.45) is -3.36. The molecule has 154 valence electrons. The van der Waals surface area contributed by atoms with Crippen LogP contribution in [-0.2, 0) is 10.9 Å². The number of nitrogens with zero attached hydrogens (tertiary/aromatic N) is 1. The number of benzene rings is 2. The molecule has 0 saturated heterocycles. The maximum Gasteiger partial charge on any atom is 0.416 e. The Morgan fingerprint density at radius 1 is 1.07 bits per heavy atom. The van der Waals surface area contributed by atoms with E-state index in [2.05, 4.69) is 10.5 Å². The minimum Gasteiger partial charge on any atom is -0.465 e. The number of methoxy groups -OCH3 is 1. The van der Waals surface area contributed by atoms with Crippen molar-refractivity contribution in [1.29, 1.82) is 0 Å². The highest BCUT2D eigenvalue weighted by Gasteiger charge is 2.30. The van der Waals surface area contributed by atoms with Crippen LogP contribution in [0.3, 0.4) is 0 Å². The number of carbonyl (C=O) groups is 2. The summed E-state index contributed by atoms with van der Waals surface area (Å²) in [5, 5.41) is 3.70. The zero-order chi connectivity index (χ0) is 21.7. The average molecular weight is 416 g/mol. The lowest BCUT2D eigenvalue weighted by atomic mass is 10.1. The van der Waals surface area contributed by atoms with E-state index in [9.17, 15) is 22.8 Å². The minimum atomic E-state index is -4.55. The minimum absolute atomic E-state index is 0.186. The van der Waals surface area contributed by atoms with Crippen LogP contribution in [0.2, 0.25) is 0 Å². The number of esters is 1. The molecule has 0 unspecified atom stereocenters. The van der Waals surface area contributed by atoms with E-state index in [0.717, 1.165) is 18.2 Å². The number of halogens is 3. The van der Waals surface area contributed by atoms with Gasteiger partial charge in [0, 0.05) is 11.1 Å². The van der Waals surface area contributed by atoms with Crippen LogP contribution in [0.25, 0.3) is 11.3 Å². The van der Waals surface area contributed by atoms with Crippen LogP contribution in [-0.4, -0.2) is 25.2 Å². The van der Waals surface area contributed by atoms with Gasteiger partial charge in [-0.25, -0.2) is 10.2 Å². The van der Waals surface area contributed by atoms with Gasteiger partial charge in [-0.2, -0.15) is 18.3 Å². The van der Waals surface area contributed by atoms with Gasteiger partial charge in [0.25, 0.3) is 5.91 Å². The first-order valence-electron chi connectivity index (χ1n) is 8.58. The van der Waals surface area contributed by atoms with Gasteiger partial charge in [0.1, 0.15) is 11.5 Å². The van der Waals surface area contributed by atoms with Gasteiger partial charge in [-0.1, -0.05) is 24.3 Å². The van der Waals surface area contributed by atoms with Gasteiger partial charge in [-0.05, 0) is 36.4 Å². The Morgan fingerprint density at radius 3 is 2.57 bits per heavy atom. The number of carbonyl (C=O) groups excluding carboxylic acids is 2. The van der Waals surface area contributed by atoms with Crippen LogP contribution in [0, 0.1) is 0 Å². The SMILES string of the molecule is COC(=O)c1ccccc1-c1ccc(C=NNC(=O)c2cccc(C(F)(F)F)c2)o1. The summed E-state index contributed by atoms with van der Waals surface area (Å²) in [6.45, 7) is 0. The molecule has 30 heavy (non-hydrogen) atoms. The molecule has 1 amide bonds. The first-order chi connectivity index (χ1) is 14.3. The third-order valence-corrected chi connectivity index (χ3v) is 4.03. The number of furan rings is 1. The van der Waals surface area contributed by atoms with Gasteiger partial charge in [0.05, 0.1) is 24.5 Å². The molecule has 2 aromatic carbocycles. The van der Waals surface area contributed by atoms with Crippen molar-refractivity contribution in [2.24, 2.45) is 5.10 Å². The number of rotatable bonds is 5. The maximum atomic E-state index is 12.7. The van der Waals surface area contributed by atoms with Gasteiger partial charge < -0.3 is 9.15 Å². The van der Waals surface area contributed by atoms with Crippen LogP contribution in [0.5, 0.6) is 0 Å². The Hall–Kier alpha value is -3.88. The maximum absolute atomic E-state index is 12.7. The Morgan fingerprint density at radius 2 is 1.83 bits per heavy atom. The van der Waals surface area contributed by atoms with E-state index in [1.165, 1.54) is 19.4 Å². The second-order valence-corrected chi connectivity index (χ2v) is 6.02. The summed E-state index contributed by atoms with van der Waals surface area (Å²) < 4.78 is 48.6. The summed E-state index contributed by atoms with van der Waals surface area (Å²) in [7, 11) is 1.27. The molecule has 9 heteroatoms. The highest BCUT2D eigenvalue weighted by atomic mass is 19.4. The van der Waals surface area contributed by atoms with Gasteiger partial charge >= 0.3 is 12.1 Å². The molecule has 1 N–H and O–H groups in total. The van der Waals surface area contributed by atoms with E-state index in [1.807, 2.05) is 0 Å². The number of amides is 1. The molecule has 0 fully saturated rings. The fraction of sp³-hybridized carbons (Fsp3) is 0.0952. The Labute approximate surface area is 169 Å².